The SMILES string of the molecule is CCN1CCN(C(=O)C(C)(C)C(=O)NCc2ccc(OC)c(OC)c2)CC1. The molecule has 150 valence electrons. The van der Waals surface area contributed by atoms with E-state index in [1.165, 1.54) is 0 Å². The molecule has 2 amide bonds. The minimum Gasteiger partial charge on any atom is -0.493 e. The summed E-state index contributed by atoms with van der Waals surface area (Å²) in [7, 11) is 3.15. The first-order chi connectivity index (χ1) is 12.8. The molecule has 1 saturated heterocycles. The van der Waals surface area contributed by atoms with Crippen molar-refractivity contribution in [3.63, 3.8) is 0 Å². The smallest absolute Gasteiger partial charge is 0.237 e. The molecule has 1 heterocycles. The van der Waals surface area contributed by atoms with Crippen molar-refractivity contribution < 1.29 is 19.1 Å². The van der Waals surface area contributed by atoms with E-state index in [0.29, 0.717) is 31.1 Å². The molecular weight excluding hydrogens is 346 g/mol. The number of piperazine rings is 1. The Morgan fingerprint density at radius 2 is 1.70 bits per heavy atom. The highest BCUT2D eigenvalue weighted by Gasteiger charge is 2.39. The molecule has 0 spiro atoms. The lowest BCUT2D eigenvalue weighted by atomic mass is 9.90. The van der Waals surface area contributed by atoms with E-state index in [0.717, 1.165) is 25.2 Å². The molecule has 0 aromatic heterocycles. The van der Waals surface area contributed by atoms with E-state index >= 15 is 0 Å². The zero-order valence-electron chi connectivity index (χ0n) is 17.0. The van der Waals surface area contributed by atoms with Crippen molar-refractivity contribution in [1.82, 2.24) is 15.1 Å². The third-order valence-corrected chi connectivity index (χ3v) is 5.11. The lowest BCUT2D eigenvalue weighted by Crippen LogP contribution is -2.55. The highest BCUT2D eigenvalue weighted by atomic mass is 16.5. The summed E-state index contributed by atoms with van der Waals surface area (Å²) in [6, 6.07) is 5.47. The minimum absolute atomic E-state index is 0.122. The Labute approximate surface area is 161 Å². The Hall–Kier alpha value is -2.28. The van der Waals surface area contributed by atoms with Crippen LogP contribution in [0.4, 0.5) is 0 Å². The van der Waals surface area contributed by atoms with Gasteiger partial charge in [-0.05, 0) is 38.1 Å². The Morgan fingerprint density at radius 3 is 2.26 bits per heavy atom. The van der Waals surface area contributed by atoms with Gasteiger partial charge in [-0.25, -0.2) is 0 Å². The summed E-state index contributed by atoms with van der Waals surface area (Å²) in [5.74, 6) is 0.839. The monoisotopic (exact) mass is 377 g/mol. The van der Waals surface area contributed by atoms with Gasteiger partial charge in [0.1, 0.15) is 5.41 Å². The number of hydrogen-bond acceptors (Lipinski definition) is 5. The number of hydrogen-bond donors (Lipinski definition) is 1. The van der Waals surface area contributed by atoms with E-state index < -0.39 is 5.41 Å². The van der Waals surface area contributed by atoms with Crippen LogP contribution < -0.4 is 14.8 Å². The fraction of sp³-hybridized carbons (Fsp3) is 0.600. The van der Waals surface area contributed by atoms with Crippen molar-refractivity contribution in [1.29, 1.82) is 0 Å². The standard InChI is InChI=1S/C20H31N3O4/c1-6-22-9-11-23(12-10-22)19(25)20(2,3)18(24)21-14-15-7-8-16(26-4)17(13-15)27-5/h7-8,13H,6,9-12,14H2,1-5H3,(H,21,24). The second-order valence-electron chi connectivity index (χ2n) is 7.22. The predicted molar refractivity (Wildman–Crippen MR) is 104 cm³/mol. The number of ether oxygens (including phenoxy) is 2. The number of benzene rings is 1. The molecule has 1 N–H and O–H groups in total. The number of nitrogens with one attached hydrogen (secondary N) is 1. The first-order valence-corrected chi connectivity index (χ1v) is 9.34. The Balaban J connectivity index is 1.96. The average Bonchev–Trinajstić information content (AvgIpc) is 2.70. The summed E-state index contributed by atoms with van der Waals surface area (Å²) in [6.07, 6.45) is 0. The number of nitrogens with zero attached hydrogens (tertiary/aromatic N) is 2. The number of carbonyl (C=O) groups is 2. The third-order valence-electron chi connectivity index (χ3n) is 5.11. The first-order valence-electron chi connectivity index (χ1n) is 9.34. The Morgan fingerprint density at radius 1 is 1.07 bits per heavy atom. The quantitative estimate of drug-likeness (QED) is 0.730. The van der Waals surface area contributed by atoms with Crippen LogP contribution in [0.3, 0.4) is 0 Å². The molecule has 7 heteroatoms. The summed E-state index contributed by atoms with van der Waals surface area (Å²) >= 11 is 0. The van der Waals surface area contributed by atoms with Gasteiger partial charge in [-0.3, -0.25) is 9.59 Å². The van der Waals surface area contributed by atoms with Gasteiger partial charge >= 0.3 is 0 Å². The molecule has 0 bridgehead atoms. The van der Waals surface area contributed by atoms with Crippen LogP contribution in [0.2, 0.25) is 0 Å². The van der Waals surface area contributed by atoms with Crippen molar-refractivity contribution in [3.8, 4) is 11.5 Å². The number of methoxy groups -OCH3 is 2. The fourth-order valence-corrected chi connectivity index (χ4v) is 3.15. The van der Waals surface area contributed by atoms with Gasteiger partial charge in [-0.1, -0.05) is 13.0 Å². The molecule has 0 saturated carbocycles. The van der Waals surface area contributed by atoms with Gasteiger partial charge in [0.25, 0.3) is 0 Å². The number of amides is 2. The van der Waals surface area contributed by atoms with Crippen molar-refractivity contribution in [2.24, 2.45) is 5.41 Å². The second kappa shape index (κ2) is 9.08. The van der Waals surface area contributed by atoms with Crippen LogP contribution in [0.1, 0.15) is 26.3 Å². The summed E-state index contributed by atoms with van der Waals surface area (Å²) in [5, 5.41) is 2.87. The lowest BCUT2D eigenvalue weighted by molar-refractivity contribution is -0.149. The zero-order chi connectivity index (χ0) is 20.0. The normalized spacial score (nSPS) is 15.4. The van der Waals surface area contributed by atoms with Gasteiger partial charge in [-0.2, -0.15) is 0 Å². The van der Waals surface area contributed by atoms with Crippen LogP contribution in [-0.2, 0) is 16.1 Å². The largest absolute Gasteiger partial charge is 0.493 e. The fourth-order valence-electron chi connectivity index (χ4n) is 3.15. The van der Waals surface area contributed by atoms with Crippen molar-refractivity contribution in [2.45, 2.75) is 27.3 Å². The van der Waals surface area contributed by atoms with E-state index in [9.17, 15) is 9.59 Å². The molecule has 1 aromatic carbocycles. The van der Waals surface area contributed by atoms with E-state index in [4.69, 9.17) is 9.47 Å². The van der Waals surface area contributed by atoms with Gasteiger partial charge in [0.2, 0.25) is 11.8 Å². The van der Waals surface area contributed by atoms with Crippen LogP contribution in [-0.4, -0.2) is 68.6 Å². The lowest BCUT2D eigenvalue weighted by Gasteiger charge is -2.37. The molecule has 0 atom stereocenters. The molecule has 0 radical (unpaired) electrons. The molecule has 2 rings (SSSR count). The van der Waals surface area contributed by atoms with E-state index in [-0.39, 0.29) is 11.8 Å². The predicted octanol–water partition coefficient (Wildman–Crippen LogP) is 1.51. The zero-order valence-corrected chi connectivity index (χ0v) is 17.0. The van der Waals surface area contributed by atoms with Crippen molar-refractivity contribution >= 4 is 11.8 Å². The van der Waals surface area contributed by atoms with Gasteiger partial charge in [0.15, 0.2) is 11.5 Å². The molecular formula is C20H31N3O4. The van der Waals surface area contributed by atoms with Crippen LogP contribution in [0.5, 0.6) is 11.5 Å². The molecule has 1 fully saturated rings. The summed E-state index contributed by atoms with van der Waals surface area (Å²) < 4.78 is 10.5. The van der Waals surface area contributed by atoms with E-state index in [2.05, 4.69) is 17.1 Å². The van der Waals surface area contributed by atoms with Gasteiger partial charge in [-0.15, -0.1) is 0 Å². The highest BCUT2D eigenvalue weighted by Crippen LogP contribution is 2.27. The highest BCUT2D eigenvalue weighted by molar-refractivity contribution is 6.04. The number of carbonyl (C=O) groups excluding carboxylic acids is 2. The van der Waals surface area contributed by atoms with Crippen LogP contribution in [0.25, 0.3) is 0 Å². The molecule has 27 heavy (non-hydrogen) atoms. The molecule has 1 aliphatic rings. The van der Waals surface area contributed by atoms with E-state index in [1.54, 1.807) is 39.0 Å². The maximum Gasteiger partial charge on any atom is 0.237 e. The first kappa shape index (κ1) is 21.0. The average molecular weight is 377 g/mol. The van der Waals surface area contributed by atoms with E-state index in [1.807, 2.05) is 12.1 Å². The third kappa shape index (κ3) is 4.91. The minimum atomic E-state index is -1.11. The van der Waals surface area contributed by atoms with Crippen LogP contribution >= 0.6 is 0 Å². The second-order valence-corrected chi connectivity index (χ2v) is 7.22. The molecule has 1 aliphatic heterocycles. The summed E-state index contributed by atoms with van der Waals surface area (Å²) in [5.41, 5.74) is -0.230. The van der Waals surface area contributed by atoms with Gasteiger partial charge in [0, 0.05) is 32.7 Å². The van der Waals surface area contributed by atoms with Gasteiger partial charge < -0.3 is 24.6 Å². The molecule has 7 nitrogen and oxygen atoms in total. The molecule has 1 aromatic rings. The number of rotatable bonds is 7. The topological polar surface area (TPSA) is 71.1 Å². The maximum absolute atomic E-state index is 12.9. The number of likely N-dealkylation sites (N-methyl/N-ethyl adjacent to an activating group) is 1. The van der Waals surface area contributed by atoms with Gasteiger partial charge in [0.05, 0.1) is 14.2 Å². The Bertz CT molecular complexity index is 667. The van der Waals surface area contributed by atoms with Crippen LogP contribution in [0.15, 0.2) is 18.2 Å². The van der Waals surface area contributed by atoms with Crippen molar-refractivity contribution in [2.75, 3.05) is 46.9 Å². The summed E-state index contributed by atoms with van der Waals surface area (Å²) in [4.78, 5) is 29.7. The summed E-state index contributed by atoms with van der Waals surface area (Å²) in [6.45, 7) is 9.83. The van der Waals surface area contributed by atoms with Crippen molar-refractivity contribution in [3.05, 3.63) is 23.8 Å². The molecule has 0 aliphatic carbocycles. The van der Waals surface area contributed by atoms with Crippen LogP contribution in [0, 0.1) is 5.41 Å². The maximum atomic E-state index is 12.9. The molecule has 0 unspecified atom stereocenters. The Kier molecular flexibility index (Phi) is 7.07.